The van der Waals surface area contributed by atoms with Gasteiger partial charge < -0.3 is 5.32 Å². The molecule has 0 bridgehead atoms. The van der Waals surface area contributed by atoms with Gasteiger partial charge in [-0.3, -0.25) is 14.4 Å². The second-order valence-electron chi connectivity index (χ2n) is 6.56. The van der Waals surface area contributed by atoms with Gasteiger partial charge in [0, 0.05) is 23.2 Å². The molecule has 1 aliphatic heterocycles. The van der Waals surface area contributed by atoms with Crippen LogP contribution in [-0.2, 0) is 17.8 Å². The second-order valence-corrected chi connectivity index (χ2v) is 7.59. The number of thiophene rings is 1. The minimum absolute atomic E-state index is 0.131. The number of carbonyl (C=O) groups is 1. The summed E-state index contributed by atoms with van der Waals surface area (Å²) < 4.78 is 2.08. The summed E-state index contributed by atoms with van der Waals surface area (Å²) in [6.07, 6.45) is 3.21. The van der Waals surface area contributed by atoms with Crippen LogP contribution in [0.25, 0.3) is 0 Å². The number of rotatable bonds is 7. The molecule has 1 fully saturated rings. The summed E-state index contributed by atoms with van der Waals surface area (Å²) >= 11 is 1.74. The van der Waals surface area contributed by atoms with Gasteiger partial charge in [-0.1, -0.05) is 6.07 Å². The maximum absolute atomic E-state index is 12.2. The van der Waals surface area contributed by atoms with E-state index in [9.17, 15) is 4.79 Å². The van der Waals surface area contributed by atoms with E-state index in [0.29, 0.717) is 12.6 Å². The minimum atomic E-state index is 0.131. The van der Waals surface area contributed by atoms with Crippen LogP contribution in [0.1, 0.15) is 29.1 Å². The van der Waals surface area contributed by atoms with Crippen LogP contribution in [0.15, 0.2) is 23.6 Å². The molecule has 0 aliphatic carbocycles. The lowest BCUT2D eigenvalue weighted by Crippen LogP contribution is -2.42. The van der Waals surface area contributed by atoms with Crippen molar-refractivity contribution in [3.63, 3.8) is 0 Å². The first-order valence-electron chi connectivity index (χ1n) is 8.66. The molecule has 0 spiro atoms. The number of amides is 1. The normalized spacial score (nSPS) is 18.2. The molecule has 0 aromatic carbocycles. The van der Waals surface area contributed by atoms with Crippen molar-refractivity contribution in [2.24, 2.45) is 0 Å². The van der Waals surface area contributed by atoms with E-state index in [1.54, 1.807) is 11.3 Å². The number of hydrogen-bond acceptors (Lipinski definition) is 4. The first kappa shape index (κ1) is 17.2. The average molecular weight is 346 g/mol. The minimum Gasteiger partial charge on any atom is -0.355 e. The molecule has 1 amide bonds. The molecule has 1 N–H and O–H groups in total. The van der Waals surface area contributed by atoms with Crippen LogP contribution in [0.4, 0.5) is 0 Å². The standard InChI is InChI=1S/C18H26N4OS/c1-14-11-15(2)22(20-14)12-16-5-3-9-21(16)13-18(23)19-8-7-17-6-4-10-24-17/h4,6,10-11,16H,3,5,7-9,12-13H2,1-2H3,(H,19,23)/t16-/m1/s1. The molecule has 5 nitrogen and oxygen atoms in total. The lowest BCUT2D eigenvalue weighted by atomic mass is 10.2. The largest absolute Gasteiger partial charge is 0.355 e. The Morgan fingerprint density at radius 2 is 2.33 bits per heavy atom. The Bertz CT molecular complexity index is 665. The third-order valence-electron chi connectivity index (χ3n) is 4.61. The Morgan fingerprint density at radius 1 is 1.46 bits per heavy atom. The van der Waals surface area contributed by atoms with Gasteiger partial charge in [0.25, 0.3) is 0 Å². The van der Waals surface area contributed by atoms with E-state index in [1.807, 2.05) is 6.92 Å². The van der Waals surface area contributed by atoms with E-state index in [4.69, 9.17) is 0 Å². The molecular weight excluding hydrogens is 320 g/mol. The predicted molar refractivity (Wildman–Crippen MR) is 97.3 cm³/mol. The number of carbonyl (C=O) groups excluding carboxylic acids is 1. The van der Waals surface area contributed by atoms with Crippen molar-refractivity contribution in [2.45, 2.75) is 45.7 Å². The van der Waals surface area contributed by atoms with Crippen molar-refractivity contribution in [1.82, 2.24) is 20.0 Å². The van der Waals surface area contributed by atoms with Crippen LogP contribution in [0.5, 0.6) is 0 Å². The van der Waals surface area contributed by atoms with Gasteiger partial charge in [0.05, 0.1) is 18.8 Å². The Kier molecular flexibility index (Phi) is 5.68. The summed E-state index contributed by atoms with van der Waals surface area (Å²) in [6.45, 7) is 7.21. The van der Waals surface area contributed by atoms with Crippen molar-refractivity contribution in [3.05, 3.63) is 39.8 Å². The fourth-order valence-electron chi connectivity index (χ4n) is 3.39. The summed E-state index contributed by atoms with van der Waals surface area (Å²) in [6, 6.07) is 6.68. The van der Waals surface area contributed by atoms with Crippen molar-refractivity contribution in [3.8, 4) is 0 Å². The van der Waals surface area contributed by atoms with Crippen molar-refractivity contribution in [2.75, 3.05) is 19.6 Å². The van der Waals surface area contributed by atoms with Crippen molar-refractivity contribution < 1.29 is 4.79 Å². The molecule has 3 heterocycles. The number of likely N-dealkylation sites (tertiary alicyclic amines) is 1. The number of nitrogens with one attached hydrogen (secondary N) is 1. The Labute approximate surface area is 147 Å². The monoisotopic (exact) mass is 346 g/mol. The third kappa shape index (κ3) is 4.45. The number of hydrogen-bond donors (Lipinski definition) is 1. The van der Waals surface area contributed by atoms with E-state index in [2.05, 4.69) is 50.5 Å². The maximum Gasteiger partial charge on any atom is 0.234 e. The number of aryl methyl sites for hydroxylation is 2. The highest BCUT2D eigenvalue weighted by Gasteiger charge is 2.27. The van der Waals surface area contributed by atoms with E-state index in [1.165, 1.54) is 10.6 Å². The van der Waals surface area contributed by atoms with Crippen LogP contribution >= 0.6 is 11.3 Å². The lowest BCUT2D eigenvalue weighted by molar-refractivity contribution is -0.122. The van der Waals surface area contributed by atoms with Crippen molar-refractivity contribution in [1.29, 1.82) is 0 Å². The summed E-state index contributed by atoms with van der Waals surface area (Å²) in [4.78, 5) is 15.8. The molecule has 1 atom stereocenters. The third-order valence-corrected chi connectivity index (χ3v) is 5.54. The molecule has 6 heteroatoms. The highest BCUT2D eigenvalue weighted by molar-refractivity contribution is 7.09. The quantitative estimate of drug-likeness (QED) is 0.837. The molecule has 1 saturated heterocycles. The molecule has 3 rings (SSSR count). The lowest BCUT2D eigenvalue weighted by Gasteiger charge is -2.24. The van der Waals surface area contributed by atoms with Gasteiger partial charge in [-0.25, -0.2) is 0 Å². The van der Waals surface area contributed by atoms with Crippen molar-refractivity contribution >= 4 is 17.2 Å². The first-order chi connectivity index (χ1) is 11.6. The zero-order valence-electron chi connectivity index (χ0n) is 14.5. The van der Waals surface area contributed by atoms with Gasteiger partial charge >= 0.3 is 0 Å². The zero-order chi connectivity index (χ0) is 16.9. The van der Waals surface area contributed by atoms with Gasteiger partial charge in [0.2, 0.25) is 5.91 Å². The molecule has 130 valence electrons. The molecule has 24 heavy (non-hydrogen) atoms. The molecule has 0 unspecified atom stereocenters. The average Bonchev–Trinajstić information content (AvgIpc) is 3.24. The summed E-state index contributed by atoms with van der Waals surface area (Å²) in [5.41, 5.74) is 2.25. The highest BCUT2D eigenvalue weighted by atomic mass is 32.1. The molecule has 0 radical (unpaired) electrons. The van der Waals surface area contributed by atoms with E-state index < -0.39 is 0 Å². The maximum atomic E-state index is 12.2. The first-order valence-corrected chi connectivity index (χ1v) is 9.54. The molecule has 2 aromatic heterocycles. The highest BCUT2D eigenvalue weighted by Crippen LogP contribution is 2.19. The molecule has 2 aromatic rings. The van der Waals surface area contributed by atoms with E-state index >= 15 is 0 Å². The molecule has 1 aliphatic rings. The van der Waals surface area contributed by atoms with Crippen LogP contribution < -0.4 is 5.32 Å². The number of aromatic nitrogens is 2. The second kappa shape index (κ2) is 7.94. The zero-order valence-corrected chi connectivity index (χ0v) is 15.3. The summed E-state index contributed by atoms with van der Waals surface area (Å²) in [5, 5.41) is 9.68. The van der Waals surface area contributed by atoms with Gasteiger partial charge in [-0.15, -0.1) is 11.3 Å². The summed E-state index contributed by atoms with van der Waals surface area (Å²) in [7, 11) is 0. The van der Waals surface area contributed by atoms with Gasteiger partial charge in [0.15, 0.2) is 0 Å². The molecule has 0 saturated carbocycles. The van der Waals surface area contributed by atoms with Crippen LogP contribution in [-0.4, -0.2) is 46.3 Å². The van der Waals surface area contributed by atoms with Gasteiger partial charge in [-0.05, 0) is 57.2 Å². The van der Waals surface area contributed by atoms with E-state index in [-0.39, 0.29) is 5.91 Å². The molecular formula is C18H26N4OS. The Balaban J connectivity index is 1.46. The predicted octanol–water partition coefficient (Wildman–Crippen LogP) is 2.38. The fraction of sp³-hybridized carbons (Fsp3) is 0.556. The van der Waals surface area contributed by atoms with Crippen LogP contribution in [0.2, 0.25) is 0 Å². The number of nitrogens with zero attached hydrogens (tertiary/aromatic N) is 3. The van der Waals surface area contributed by atoms with Gasteiger partial charge in [-0.2, -0.15) is 5.10 Å². The Morgan fingerprint density at radius 3 is 3.04 bits per heavy atom. The van der Waals surface area contributed by atoms with E-state index in [0.717, 1.165) is 44.6 Å². The van der Waals surface area contributed by atoms with Crippen LogP contribution in [0, 0.1) is 13.8 Å². The van der Waals surface area contributed by atoms with Crippen LogP contribution in [0.3, 0.4) is 0 Å². The summed E-state index contributed by atoms with van der Waals surface area (Å²) in [5.74, 6) is 0.131. The SMILES string of the molecule is Cc1cc(C)n(C[C@H]2CCCN2CC(=O)NCCc2cccs2)n1. The topological polar surface area (TPSA) is 50.2 Å². The Hall–Kier alpha value is -1.66. The fourth-order valence-corrected chi connectivity index (χ4v) is 4.10. The van der Waals surface area contributed by atoms with Gasteiger partial charge in [0.1, 0.15) is 0 Å². The smallest absolute Gasteiger partial charge is 0.234 e.